The van der Waals surface area contributed by atoms with Crippen LogP contribution in [-0.2, 0) is 5.41 Å². The molecule has 0 aliphatic heterocycles. The molecule has 8 rings (SSSR count). The molecule has 286 valence electrons. The maximum Gasteiger partial charge on any atom is 0.164 e. The number of nitrogens with zero attached hydrogens (tertiary/aromatic N) is 3. The van der Waals surface area contributed by atoms with Crippen molar-refractivity contribution < 1.29 is 0 Å². The molecule has 1 heterocycles. The molecule has 0 amide bonds. The lowest BCUT2D eigenvalue weighted by atomic mass is 9.82. The van der Waals surface area contributed by atoms with Crippen molar-refractivity contribution in [2.24, 2.45) is 0 Å². The molecule has 0 saturated heterocycles. The Hall–Kier alpha value is -5.02. The SMILES string of the molecule is CC1(C)c2ccc(-c3cccc(-c4cccc(-c5nc(-c6ccc([Si](C)(C)C)cc6)nc(-c6ccc([Si](C)(C)C)cc6)n5)c4)c3)cc2-c2ccc([Si](C)(C)C)cc21. The molecule has 0 unspecified atom stereocenters. The van der Waals surface area contributed by atoms with Crippen molar-refractivity contribution in [1.29, 1.82) is 0 Å². The highest BCUT2D eigenvalue weighted by molar-refractivity contribution is 6.89. The summed E-state index contributed by atoms with van der Waals surface area (Å²) in [7, 11) is -4.33. The smallest absolute Gasteiger partial charge is 0.164 e. The highest BCUT2D eigenvalue weighted by atomic mass is 28.3. The number of hydrogen-bond acceptors (Lipinski definition) is 3. The van der Waals surface area contributed by atoms with Gasteiger partial charge in [-0.2, -0.15) is 0 Å². The van der Waals surface area contributed by atoms with Crippen LogP contribution in [0.5, 0.6) is 0 Å². The molecule has 0 spiro atoms. The number of benzene rings is 6. The maximum absolute atomic E-state index is 5.13. The number of aromatic nitrogens is 3. The molecule has 7 aromatic rings. The minimum atomic E-state index is -1.45. The van der Waals surface area contributed by atoms with Gasteiger partial charge in [-0.25, -0.2) is 15.0 Å². The van der Waals surface area contributed by atoms with Crippen LogP contribution in [0.25, 0.3) is 67.5 Å². The summed E-state index contributed by atoms with van der Waals surface area (Å²) in [5, 5.41) is 4.36. The van der Waals surface area contributed by atoms with E-state index in [1.54, 1.807) is 0 Å². The first-order valence-corrected chi connectivity index (χ1v) is 30.9. The summed E-state index contributed by atoms with van der Waals surface area (Å²) in [6, 6.07) is 49.6. The summed E-state index contributed by atoms with van der Waals surface area (Å²) in [5.74, 6) is 2.06. The zero-order valence-corrected chi connectivity index (χ0v) is 38.5. The highest BCUT2D eigenvalue weighted by Gasteiger charge is 2.36. The zero-order chi connectivity index (χ0) is 40.5. The summed E-state index contributed by atoms with van der Waals surface area (Å²) in [6.45, 7) is 26.3. The molecule has 0 N–H and O–H groups in total. The Bertz CT molecular complexity index is 2560. The zero-order valence-electron chi connectivity index (χ0n) is 35.5. The average molecular weight is 794 g/mol. The first kappa shape index (κ1) is 38.8. The van der Waals surface area contributed by atoms with Crippen molar-refractivity contribution in [3.05, 3.63) is 145 Å². The Morgan fingerprint density at radius 3 is 1.19 bits per heavy atom. The van der Waals surface area contributed by atoms with E-state index in [0.29, 0.717) is 17.5 Å². The molecule has 0 saturated carbocycles. The van der Waals surface area contributed by atoms with E-state index in [9.17, 15) is 0 Å². The predicted octanol–water partition coefficient (Wildman–Crippen LogP) is 12.1. The summed E-state index contributed by atoms with van der Waals surface area (Å²) in [5.41, 5.74) is 13.3. The van der Waals surface area contributed by atoms with E-state index < -0.39 is 24.2 Å². The summed E-state index contributed by atoms with van der Waals surface area (Å²) in [4.78, 5) is 15.3. The van der Waals surface area contributed by atoms with Crippen LogP contribution in [0.2, 0.25) is 58.9 Å². The molecule has 0 atom stereocenters. The van der Waals surface area contributed by atoms with E-state index in [2.05, 4.69) is 206 Å². The minimum absolute atomic E-state index is 0.0231. The molecule has 1 aliphatic rings. The van der Waals surface area contributed by atoms with Crippen LogP contribution in [0, 0.1) is 0 Å². The van der Waals surface area contributed by atoms with Crippen molar-refractivity contribution in [2.45, 2.75) is 78.2 Å². The molecule has 3 nitrogen and oxygen atoms in total. The van der Waals surface area contributed by atoms with Crippen LogP contribution in [0.4, 0.5) is 0 Å². The van der Waals surface area contributed by atoms with Gasteiger partial charge >= 0.3 is 0 Å². The summed E-state index contributed by atoms with van der Waals surface area (Å²) >= 11 is 0. The van der Waals surface area contributed by atoms with Gasteiger partial charge in [0, 0.05) is 22.1 Å². The molecule has 6 aromatic carbocycles. The molecular weight excluding hydrogens is 739 g/mol. The van der Waals surface area contributed by atoms with Crippen molar-refractivity contribution in [1.82, 2.24) is 15.0 Å². The van der Waals surface area contributed by atoms with Crippen molar-refractivity contribution in [3.8, 4) is 67.5 Å². The highest BCUT2D eigenvalue weighted by Crippen LogP contribution is 2.49. The molecule has 57 heavy (non-hydrogen) atoms. The molecule has 0 radical (unpaired) electrons. The normalized spacial score (nSPS) is 13.7. The molecule has 1 aliphatic carbocycles. The largest absolute Gasteiger partial charge is 0.208 e. The second-order valence-corrected chi connectivity index (χ2v) is 34.8. The van der Waals surface area contributed by atoms with Crippen LogP contribution in [0.3, 0.4) is 0 Å². The van der Waals surface area contributed by atoms with Crippen LogP contribution in [0.1, 0.15) is 25.0 Å². The monoisotopic (exact) mass is 793 g/mol. The van der Waals surface area contributed by atoms with Crippen molar-refractivity contribution >= 4 is 39.8 Å². The van der Waals surface area contributed by atoms with Gasteiger partial charge in [-0.05, 0) is 62.7 Å². The standard InChI is InChI=1S/C51H55N3Si3/c1-51(2)46-29-22-39(32-45(46)44-28-27-43(33-47(44)51)57(9,10)11)37-15-12-14-36(30-37)38-16-13-17-40(31-38)50-53-48(34-18-23-41(24-19-34)55(3,4)5)52-49(54-50)35-20-25-42(26-21-35)56(6,7)8/h12-33H,1-11H3. The fourth-order valence-electron chi connectivity index (χ4n) is 8.12. The fourth-order valence-corrected chi connectivity index (χ4v) is 11.6. The quantitative estimate of drug-likeness (QED) is 0.144. The lowest BCUT2D eigenvalue weighted by molar-refractivity contribution is 0.661. The lowest BCUT2D eigenvalue weighted by Crippen LogP contribution is -2.38. The van der Waals surface area contributed by atoms with E-state index >= 15 is 0 Å². The third-order valence-corrected chi connectivity index (χ3v) is 18.0. The van der Waals surface area contributed by atoms with Crippen molar-refractivity contribution in [3.63, 3.8) is 0 Å². The van der Waals surface area contributed by atoms with Gasteiger partial charge < -0.3 is 0 Å². The van der Waals surface area contributed by atoms with Crippen LogP contribution in [-0.4, -0.2) is 39.2 Å². The van der Waals surface area contributed by atoms with Crippen LogP contribution >= 0.6 is 0 Å². The Kier molecular flexibility index (Phi) is 9.62. The van der Waals surface area contributed by atoms with Gasteiger partial charge in [-0.3, -0.25) is 0 Å². The average Bonchev–Trinajstić information content (AvgIpc) is 3.42. The van der Waals surface area contributed by atoms with Gasteiger partial charge in [-0.15, -0.1) is 0 Å². The van der Waals surface area contributed by atoms with E-state index in [0.717, 1.165) is 27.8 Å². The summed E-state index contributed by atoms with van der Waals surface area (Å²) in [6.07, 6.45) is 0. The number of fused-ring (bicyclic) bond motifs is 3. The van der Waals surface area contributed by atoms with Gasteiger partial charge in [0.05, 0.1) is 24.2 Å². The second kappa shape index (κ2) is 14.1. The molecular formula is C51H55N3Si3. The predicted molar refractivity (Wildman–Crippen MR) is 254 cm³/mol. The van der Waals surface area contributed by atoms with Crippen LogP contribution < -0.4 is 15.6 Å². The molecule has 6 heteroatoms. The Morgan fingerprint density at radius 1 is 0.333 bits per heavy atom. The second-order valence-electron chi connectivity index (χ2n) is 19.5. The van der Waals surface area contributed by atoms with E-state index in [4.69, 9.17) is 15.0 Å². The topological polar surface area (TPSA) is 38.7 Å². The Balaban J connectivity index is 1.17. The summed E-state index contributed by atoms with van der Waals surface area (Å²) < 4.78 is 0. The molecule has 0 fully saturated rings. The Labute approximate surface area is 343 Å². The van der Waals surface area contributed by atoms with Gasteiger partial charge in [-0.1, -0.05) is 204 Å². The number of rotatable bonds is 8. The van der Waals surface area contributed by atoms with E-state index in [1.165, 1.54) is 48.9 Å². The van der Waals surface area contributed by atoms with Crippen molar-refractivity contribution in [2.75, 3.05) is 0 Å². The van der Waals surface area contributed by atoms with Gasteiger partial charge in [0.2, 0.25) is 0 Å². The van der Waals surface area contributed by atoms with E-state index in [-0.39, 0.29) is 5.41 Å². The third-order valence-electron chi connectivity index (χ3n) is 11.8. The Morgan fingerprint density at radius 2 is 0.719 bits per heavy atom. The van der Waals surface area contributed by atoms with Gasteiger partial charge in [0.15, 0.2) is 17.5 Å². The number of hydrogen-bond donors (Lipinski definition) is 0. The fraction of sp³-hybridized carbons (Fsp3) is 0.235. The molecule has 0 bridgehead atoms. The van der Waals surface area contributed by atoms with Gasteiger partial charge in [0.1, 0.15) is 0 Å². The van der Waals surface area contributed by atoms with E-state index in [1.807, 2.05) is 0 Å². The minimum Gasteiger partial charge on any atom is -0.208 e. The van der Waals surface area contributed by atoms with Gasteiger partial charge in [0.25, 0.3) is 0 Å². The van der Waals surface area contributed by atoms with Crippen LogP contribution in [0.15, 0.2) is 133 Å². The lowest BCUT2D eigenvalue weighted by Gasteiger charge is -2.24. The first-order chi connectivity index (χ1) is 26.9. The maximum atomic E-state index is 5.13. The molecule has 1 aromatic heterocycles. The first-order valence-electron chi connectivity index (χ1n) is 20.4. The third kappa shape index (κ3) is 7.59.